The maximum Gasteiger partial charge on any atom is 0.325 e. The minimum atomic E-state index is -1.76. The highest BCUT2D eigenvalue weighted by Crippen LogP contribution is 2.33. The molecule has 0 aliphatic carbocycles. The second-order valence-electron chi connectivity index (χ2n) is 6.88. The smallest absolute Gasteiger partial charge is 0.325 e. The fraction of sp³-hybridized carbons (Fsp3) is 0.286. The molecule has 0 bridgehead atoms. The van der Waals surface area contributed by atoms with Crippen LogP contribution in [0.1, 0.15) is 42.3 Å². The Morgan fingerprint density at radius 3 is 2.55 bits per heavy atom. The molecule has 0 spiro atoms. The molecule has 152 valence electrons. The van der Waals surface area contributed by atoms with E-state index in [0.717, 1.165) is 23.1 Å². The zero-order valence-electron chi connectivity index (χ0n) is 16.2. The molecule has 2 aromatic rings. The van der Waals surface area contributed by atoms with Crippen LogP contribution in [0.25, 0.3) is 0 Å². The van der Waals surface area contributed by atoms with Gasteiger partial charge in [-0.2, -0.15) is 0 Å². The lowest BCUT2D eigenvalue weighted by Crippen LogP contribution is -2.41. The van der Waals surface area contributed by atoms with Gasteiger partial charge < -0.3 is 10.1 Å². The number of rotatable bonds is 6. The highest BCUT2D eigenvalue weighted by Gasteiger charge is 2.50. The fourth-order valence-corrected chi connectivity index (χ4v) is 3.29. The van der Waals surface area contributed by atoms with E-state index >= 15 is 0 Å². The van der Waals surface area contributed by atoms with E-state index in [1.54, 1.807) is 25.1 Å². The average Bonchev–Trinajstić information content (AvgIpc) is 2.89. The summed E-state index contributed by atoms with van der Waals surface area (Å²) >= 11 is 0. The molecule has 0 saturated carbocycles. The van der Waals surface area contributed by atoms with E-state index in [4.69, 9.17) is 4.74 Å². The van der Waals surface area contributed by atoms with Crippen LogP contribution in [-0.2, 0) is 16.9 Å². The second-order valence-corrected chi connectivity index (χ2v) is 6.88. The van der Waals surface area contributed by atoms with Gasteiger partial charge in [0.1, 0.15) is 22.9 Å². The van der Waals surface area contributed by atoms with Crippen LogP contribution in [0, 0.1) is 11.6 Å². The third-order valence-corrected chi connectivity index (χ3v) is 4.84. The molecule has 6 nitrogen and oxygen atoms in total. The number of imide groups is 1. The highest BCUT2D eigenvalue weighted by molar-refractivity contribution is 6.07. The van der Waals surface area contributed by atoms with Crippen LogP contribution < -0.4 is 10.1 Å². The second kappa shape index (κ2) is 7.62. The summed E-state index contributed by atoms with van der Waals surface area (Å²) in [6.45, 7) is 4.66. The van der Waals surface area contributed by atoms with E-state index in [9.17, 15) is 23.2 Å². The van der Waals surface area contributed by atoms with Crippen LogP contribution in [0.5, 0.6) is 5.75 Å². The monoisotopic (exact) mass is 402 g/mol. The van der Waals surface area contributed by atoms with Gasteiger partial charge >= 0.3 is 6.03 Å². The van der Waals surface area contributed by atoms with Crippen LogP contribution in [0.4, 0.5) is 13.6 Å². The van der Waals surface area contributed by atoms with Gasteiger partial charge in [0.05, 0.1) is 13.2 Å². The quantitative estimate of drug-likeness (QED) is 0.593. The largest absolute Gasteiger partial charge is 0.494 e. The van der Waals surface area contributed by atoms with E-state index < -0.39 is 29.1 Å². The van der Waals surface area contributed by atoms with Crippen LogP contribution in [0.15, 0.2) is 36.4 Å². The Balaban J connectivity index is 1.98. The van der Waals surface area contributed by atoms with Gasteiger partial charge in [0.15, 0.2) is 5.78 Å². The number of ether oxygens (including phenoxy) is 1. The molecule has 1 fully saturated rings. The molecule has 0 aromatic heterocycles. The van der Waals surface area contributed by atoms with E-state index in [1.165, 1.54) is 13.8 Å². The number of Topliss-reactive ketones (excluding diaryl/α,β-unsaturated/α-hetero) is 1. The zero-order valence-corrected chi connectivity index (χ0v) is 16.2. The SMILES string of the molecule is CCOc1ccc(C(C)=O)cc1CN1C(=O)N[C@@](C)(c2cc(F)ccc2F)C1=O. The summed E-state index contributed by atoms with van der Waals surface area (Å²) in [6, 6.07) is 6.71. The van der Waals surface area contributed by atoms with E-state index in [1.807, 2.05) is 0 Å². The lowest BCUT2D eigenvalue weighted by Gasteiger charge is -2.23. The topological polar surface area (TPSA) is 75.7 Å². The Morgan fingerprint density at radius 2 is 1.90 bits per heavy atom. The first-order valence-electron chi connectivity index (χ1n) is 9.03. The highest BCUT2D eigenvalue weighted by atomic mass is 19.1. The molecule has 8 heteroatoms. The lowest BCUT2D eigenvalue weighted by molar-refractivity contribution is -0.131. The lowest BCUT2D eigenvalue weighted by atomic mass is 9.91. The van der Waals surface area contributed by atoms with Gasteiger partial charge in [-0.05, 0) is 57.2 Å². The minimum absolute atomic E-state index is 0.182. The van der Waals surface area contributed by atoms with Gasteiger partial charge in [-0.25, -0.2) is 13.6 Å². The van der Waals surface area contributed by atoms with Crippen molar-refractivity contribution in [3.63, 3.8) is 0 Å². The Hall–Kier alpha value is -3.29. The molecule has 0 radical (unpaired) electrons. The summed E-state index contributed by atoms with van der Waals surface area (Å²) in [5, 5.41) is 2.45. The predicted molar refractivity (Wildman–Crippen MR) is 100 cm³/mol. The molecule has 29 heavy (non-hydrogen) atoms. The predicted octanol–water partition coefficient (Wildman–Crippen LogP) is 3.53. The number of hydrogen-bond donors (Lipinski definition) is 1. The van der Waals surface area contributed by atoms with Crippen molar-refractivity contribution in [2.45, 2.75) is 32.9 Å². The van der Waals surface area contributed by atoms with Crippen molar-refractivity contribution in [3.05, 3.63) is 64.7 Å². The minimum Gasteiger partial charge on any atom is -0.494 e. The molecule has 3 amide bonds. The summed E-state index contributed by atoms with van der Waals surface area (Å²) in [7, 11) is 0. The number of ketones is 1. The van der Waals surface area contributed by atoms with Crippen molar-refractivity contribution >= 4 is 17.7 Å². The number of hydrogen-bond acceptors (Lipinski definition) is 4. The molecule has 0 unspecified atom stereocenters. The van der Waals surface area contributed by atoms with E-state index in [2.05, 4.69) is 5.32 Å². The number of nitrogens with zero attached hydrogens (tertiary/aromatic N) is 1. The zero-order chi connectivity index (χ0) is 21.3. The Kier molecular flexibility index (Phi) is 5.37. The van der Waals surface area contributed by atoms with Gasteiger partial charge in [-0.3, -0.25) is 14.5 Å². The van der Waals surface area contributed by atoms with Gasteiger partial charge in [0.2, 0.25) is 0 Å². The molecule has 2 aromatic carbocycles. The number of halogens is 2. The molecule has 3 rings (SSSR count). The average molecular weight is 402 g/mol. The summed E-state index contributed by atoms with van der Waals surface area (Å²) in [5.41, 5.74) is -1.17. The first-order chi connectivity index (χ1) is 13.7. The van der Waals surface area contributed by atoms with Gasteiger partial charge in [0.25, 0.3) is 5.91 Å². The molecular formula is C21H20F2N2O4. The number of carbonyl (C=O) groups is 3. The maximum atomic E-state index is 14.3. The van der Waals surface area contributed by atoms with Crippen molar-refractivity contribution in [2.75, 3.05) is 6.61 Å². The number of benzene rings is 2. The van der Waals surface area contributed by atoms with Gasteiger partial charge in [-0.1, -0.05) is 0 Å². The third-order valence-electron chi connectivity index (χ3n) is 4.84. The van der Waals surface area contributed by atoms with Crippen molar-refractivity contribution in [3.8, 4) is 5.75 Å². The summed E-state index contributed by atoms with van der Waals surface area (Å²) in [5.74, 6) is -2.03. The number of carbonyl (C=O) groups excluding carboxylic acids is 3. The normalized spacial score (nSPS) is 18.7. The van der Waals surface area contributed by atoms with Crippen molar-refractivity contribution < 1.29 is 27.9 Å². The van der Waals surface area contributed by atoms with Crippen LogP contribution in [-0.4, -0.2) is 29.2 Å². The fourth-order valence-electron chi connectivity index (χ4n) is 3.29. The van der Waals surface area contributed by atoms with Crippen LogP contribution in [0.3, 0.4) is 0 Å². The molecule has 1 atom stereocenters. The van der Waals surface area contributed by atoms with Crippen molar-refractivity contribution in [1.82, 2.24) is 10.2 Å². The molecule has 1 aliphatic heterocycles. The van der Waals surface area contributed by atoms with Gasteiger partial charge in [0, 0.05) is 16.7 Å². The molecule has 1 aliphatic rings. The van der Waals surface area contributed by atoms with Gasteiger partial charge in [-0.15, -0.1) is 0 Å². The Labute approximate surface area is 166 Å². The van der Waals surface area contributed by atoms with Crippen molar-refractivity contribution in [1.29, 1.82) is 0 Å². The summed E-state index contributed by atoms with van der Waals surface area (Å²) in [6.07, 6.45) is 0. The number of urea groups is 1. The molecular weight excluding hydrogens is 382 g/mol. The van der Waals surface area contributed by atoms with E-state index in [-0.39, 0.29) is 17.9 Å². The number of nitrogens with one attached hydrogen (secondary N) is 1. The molecule has 1 saturated heterocycles. The summed E-state index contributed by atoms with van der Waals surface area (Å²) in [4.78, 5) is 38.2. The van der Waals surface area contributed by atoms with E-state index in [0.29, 0.717) is 23.5 Å². The maximum absolute atomic E-state index is 14.3. The standard InChI is InChI=1S/C21H20F2N2O4/c1-4-29-18-8-5-13(12(2)26)9-14(18)11-25-19(27)21(3,24-20(25)28)16-10-15(22)6-7-17(16)23/h5-10H,4,11H2,1-3H3,(H,24,28)/t21-/m0/s1. The first-order valence-corrected chi connectivity index (χ1v) is 9.03. The third kappa shape index (κ3) is 3.70. The first kappa shape index (κ1) is 20.4. The van der Waals surface area contributed by atoms with Crippen molar-refractivity contribution in [2.24, 2.45) is 0 Å². The Bertz CT molecular complexity index is 1010. The molecule has 1 N–H and O–H groups in total. The molecule has 1 heterocycles. The van der Waals surface area contributed by atoms with Crippen LogP contribution in [0.2, 0.25) is 0 Å². The summed E-state index contributed by atoms with van der Waals surface area (Å²) < 4.78 is 33.5. The number of amides is 3. The Morgan fingerprint density at radius 1 is 1.17 bits per heavy atom. The van der Waals surface area contributed by atoms with Crippen LogP contribution >= 0.6 is 0 Å².